The molecule has 1 aliphatic rings. The summed E-state index contributed by atoms with van der Waals surface area (Å²) in [4.78, 5) is 0. The highest BCUT2D eigenvalue weighted by Gasteiger charge is 2.29. The summed E-state index contributed by atoms with van der Waals surface area (Å²) in [6.07, 6.45) is -0.323. The van der Waals surface area contributed by atoms with Gasteiger partial charge < -0.3 is 19.3 Å². The van der Waals surface area contributed by atoms with Gasteiger partial charge in [0.2, 0.25) is 0 Å². The van der Waals surface area contributed by atoms with Gasteiger partial charge in [0, 0.05) is 6.07 Å². The predicted molar refractivity (Wildman–Crippen MR) is 74.6 cm³/mol. The van der Waals surface area contributed by atoms with E-state index in [1.807, 2.05) is 31.2 Å². The van der Waals surface area contributed by atoms with E-state index < -0.39 is 0 Å². The molecule has 0 saturated carbocycles. The van der Waals surface area contributed by atoms with Crippen molar-refractivity contribution >= 4 is 0 Å². The van der Waals surface area contributed by atoms with Crippen molar-refractivity contribution in [2.75, 3.05) is 7.11 Å². The summed E-state index contributed by atoms with van der Waals surface area (Å²) in [5.74, 6) is 2.19. The molecule has 0 amide bonds. The van der Waals surface area contributed by atoms with Gasteiger partial charge in [-0.25, -0.2) is 0 Å². The summed E-state index contributed by atoms with van der Waals surface area (Å²) in [6, 6.07) is 12.6. The van der Waals surface area contributed by atoms with Crippen molar-refractivity contribution in [2.24, 2.45) is 0 Å². The zero-order valence-electron chi connectivity index (χ0n) is 11.4. The van der Waals surface area contributed by atoms with E-state index in [0.717, 1.165) is 11.3 Å². The van der Waals surface area contributed by atoms with Crippen LogP contribution in [0.3, 0.4) is 0 Å². The number of phenolic OH excluding ortho intramolecular Hbond substituents is 1. The van der Waals surface area contributed by atoms with E-state index in [1.165, 1.54) is 0 Å². The second-order valence-corrected chi connectivity index (χ2v) is 4.77. The molecule has 3 rings (SSSR count). The van der Waals surface area contributed by atoms with Gasteiger partial charge in [-0.05, 0) is 36.8 Å². The van der Waals surface area contributed by atoms with Crippen LogP contribution in [0.25, 0.3) is 0 Å². The molecule has 0 radical (unpaired) electrons. The molecule has 104 valence electrons. The van der Waals surface area contributed by atoms with Crippen LogP contribution in [0.5, 0.6) is 23.0 Å². The molecule has 1 aliphatic heterocycles. The summed E-state index contributed by atoms with van der Waals surface area (Å²) in [7, 11) is 1.64. The van der Waals surface area contributed by atoms with Crippen LogP contribution in [0.2, 0.25) is 0 Å². The summed E-state index contributed by atoms with van der Waals surface area (Å²) >= 11 is 0. The molecule has 0 fully saturated rings. The number of methoxy groups -OCH3 is 1. The first-order chi connectivity index (χ1) is 9.67. The molecular formula is C16H16O4. The second-order valence-electron chi connectivity index (χ2n) is 4.77. The van der Waals surface area contributed by atoms with Gasteiger partial charge in [-0.3, -0.25) is 0 Å². The first-order valence-corrected chi connectivity index (χ1v) is 6.47. The van der Waals surface area contributed by atoms with E-state index in [9.17, 15) is 5.11 Å². The molecule has 2 aromatic rings. The maximum Gasteiger partial charge on any atom is 0.165 e. The number of hydrogen-bond donors (Lipinski definition) is 1. The van der Waals surface area contributed by atoms with Crippen LogP contribution in [0, 0.1) is 0 Å². The zero-order valence-corrected chi connectivity index (χ0v) is 11.4. The van der Waals surface area contributed by atoms with Crippen molar-refractivity contribution in [3.05, 3.63) is 48.0 Å². The van der Waals surface area contributed by atoms with Crippen LogP contribution < -0.4 is 14.2 Å². The van der Waals surface area contributed by atoms with Crippen LogP contribution in [0.4, 0.5) is 0 Å². The summed E-state index contributed by atoms with van der Waals surface area (Å²) in [6.45, 7) is 1.95. The Morgan fingerprint density at radius 3 is 2.45 bits per heavy atom. The predicted octanol–water partition coefficient (Wildman–Crippen LogP) is 3.30. The van der Waals surface area contributed by atoms with Crippen LogP contribution in [0.1, 0.15) is 18.6 Å². The summed E-state index contributed by atoms with van der Waals surface area (Å²) in [5.41, 5.74) is 1.03. The first kappa shape index (κ1) is 12.7. The quantitative estimate of drug-likeness (QED) is 0.911. The minimum Gasteiger partial charge on any atom is -0.508 e. The minimum absolute atomic E-state index is 0.141. The summed E-state index contributed by atoms with van der Waals surface area (Å²) in [5, 5.41) is 9.47. The largest absolute Gasteiger partial charge is 0.508 e. The van der Waals surface area contributed by atoms with E-state index in [4.69, 9.17) is 14.2 Å². The van der Waals surface area contributed by atoms with Crippen LogP contribution in [-0.2, 0) is 0 Å². The molecule has 4 heteroatoms. The lowest BCUT2D eigenvalue weighted by molar-refractivity contribution is 0.0304. The first-order valence-electron chi connectivity index (χ1n) is 6.47. The van der Waals surface area contributed by atoms with Gasteiger partial charge >= 0.3 is 0 Å². The third-order valence-electron chi connectivity index (χ3n) is 3.36. The number of phenols is 1. The van der Waals surface area contributed by atoms with Crippen LogP contribution in [0.15, 0.2) is 42.5 Å². The molecule has 0 bridgehead atoms. The van der Waals surface area contributed by atoms with E-state index in [0.29, 0.717) is 11.5 Å². The second kappa shape index (κ2) is 4.96. The van der Waals surface area contributed by atoms with Crippen molar-refractivity contribution in [2.45, 2.75) is 19.1 Å². The van der Waals surface area contributed by atoms with Gasteiger partial charge in [0.1, 0.15) is 17.6 Å². The lowest BCUT2D eigenvalue weighted by atomic mass is 10.0. The molecular weight excluding hydrogens is 256 g/mol. The summed E-state index contributed by atoms with van der Waals surface area (Å²) < 4.78 is 17.0. The topological polar surface area (TPSA) is 47.9 Å². The molecule has 0 aromatic heterocycles. The smallest absolute Gasteiger partial charge is 0.165 e. The number of aromatic hydroxyl groups is 1. The Morgan fingerprint density at radius 2 is 1.75 bits per heavy atom. The fraction of sp³-hybridized carbons (Fsp3) is 0.250. The molecule has 1 N–H and O–H groups in total. The number of rotatable bonds is 2. The molecule has 1 heterocycles. The number of hydrogen-bond acceptors (Lipinski definition) is 4. The van der Waals surface area contributed by atoms with Gasteiger partial charge in [0.05, 0.1) is 7.11 Å². The maximum atomic E-state index is 9.47. The van der Waals surface area contributed by atoms with Crippen molar-refractivity contribution in [1.29, 1.82) is 0 Å². The van der Waals surface area contributed by atoms with Crippen molar-refractivity contribution in [3.8, 4) is 23.0 Å². The average Bonchev–Trinajstić information content (AvgIpc) is 2.46. The Bertz CT molecular complexity index is 606. The van der Waals surface area contributed by atoms with Crippen molar-refractivity contribution < 1.29 is 19.3 Å². The van der Waals surface area contributed by atoms with Gasteiger partial charge in [-0.2, -0.15) is 0 Å². The van der Waals surface area contributed by atoms with Crippen LogP contribution in [-0.4, -0.2) is 18.3 Å². The van der Waals surface area contributed by atoms with E-state index >= 15 is 0 Å². The molecule has 2 aromatic carbocycles. The number of fused-ring (bicyclic) bond motifs is 1. The highest BCUT2D eigenvalue weighted by atomic mass is 16.6. The highest BCUT2D eigenvalue weighted by Crippen LogP contribution is 2.41. The zero-order chi connectivity index (χ0) is 14.1. The highest BCUT2D eigenvalue weighted by molar-refractivity contribution is 5.47. The van der Waals surface area contributed by atoms with Gasteiger partial charge in [0.15, 0.2) is 17.6 Å². The van der Waals surface area contributed by atoms with Gasteiger partial charge in [-0.1, -0.05) is 12.1 Å². The molecule has 0 saturated heterocycles. The molecule has 0 aliphatic carbocycles. The third kappa shape index (κ3) is 2.25. The minimum atomic E-state index is -0.182. The molecule has 20 heavy (non-hydrogen) atoms. The Balaban J connectivity index is 1.89. The number of ether oxygens (including phenoxy) is 3. The lowest BCUT2D eigenvalue weighted by Gasteiger charge is -2.32. The van der Waals surface area contributed by atoms with Crippen LogP contribution >= 0.6 is 0 Å². The molecule has 0 spiro atoms. The molecule has 2 unspecified atom stereocenters. The monoisotopic (exact) mass is 272 g/mol. The molecule has 4 nitrogen and oxygen atoms in total. The fourth-order valence-electron chi connectivity index (χ4n) is 2.31. The molecule has 2 atom stereocenters. The van der Waals surface area contributed by atoms with Crippen molar-refractivity contribution in [3.63, 3.8) is 0 Å². The Kier molecular flexibility index (Phi) is 3.14. The Labute approximate surface area is 117 Å². The van der Waals surface area contributed by atoms with E-state index in [1.54, 1.807) is 25.3 Å². The van der Waals surface area contributed by atoms with Gasteiger partial charge in [0.25, 0.3) is 0 Å². The van der Waals surface area contributed by atoms with E-state index in [2.05, 4.69) is 0 Å². The SMILES string of the molecule is COc1ccc(C2Oc3ccc(O)cc3OC2C)cc1. The number of benzene rings is 2. The normalized spacial score (nSPS) is 20.5. The standard InChI is InChI=1S/C16H16O4/c1-10-16(11-3-6-13(18-2)7-4-11)20-14-8-5-12(17)9-15(14)19-10/h3-10,16-17H,1-2H3. The third-order valence-corrected chi connectivity index (χ3v) is 3.36. The Morgan fingerprint density at radius 1 is 1.00 bits per heavy atom. The lowest BCUT2D eigenvalue weighted by Crippen LogP contribution is -2.30. The fourth-order valence-corrected chi connectivity index (χ4v) is 2.31. The Hall–Kier alpha value is -2.36. The van der Waals surface area contributed by atoms with E-state index in [-0.39, 0.29) is 18.0 Å². The maximum absolute atomic E-state index is 9.47. The average molecular weight is 272 g/mol. The van der Waals surface area contributed by atoms with Gasteiger partial charge in [-0.15, -0.1) is 0 Å². The van der Waals surface area contributed by atoms with Crippen molar-refractivity contribution in [1.82, 2.24) is 0 Å².